The molecular weight excluding hydrogens is 246 g/mol. The van der Waals surface area contributed by atoms with Gasteiger partial charge in [0.25, 0.3) is 0 Å². The van der Waals surface area contributed by atoms with Crippen molar-refractivity contribution in [2.75, 3.05) is 47.1 Å². The van der Waals surface area contributed by atoms with Crippen LogP contribution in [0.15, 0.2) is 24.3 Å². The summed E-state index contributed by atoms with van der Waals surface area (Å²) in [7, 11) is 3.28. The van der Waals surface area contributed by atoms with E-state index in [0.29, 0.717) is 38.7 Å². The van der Waals surface area contributed by atoms with Crippen molar-refractivity contribution in [3.63, 3.8) is 0 Å². The minimum Gasteiger partial charge on any atom is -0.491 e. The van der Waals surface area contributed by atoms with E-state index >= 15 is 0 Å². The van der Waals surface area contributed by atoms with Gasteiger partial charge in [0.05, 0.1) is 19.3 Å². The van der Waals surface area contributed by atoms with Crippen LogP contribution < -0.4 is 10.1 Å². The van der Waals surface area contributed by atoms with Gasteiger partial charge in [0.2, 0.25) is 0 Å². The number of hydrogen-bond acceptors (Lipinski definition) is 5. The third-order valence-corrected chi connectivity index (χ3v) is 2.64. The Morgan fingerprint density at radius 2 is 1.84 bits per heavy atom. The van der Waals surface area contributed by atoms with Crippen molar-refractivity contribution in [2.24, 2.45) is 0 Å². The minimum atomic E-state index is -0.601. The van der Waals surface area contributed by atoms with E-state index in [0.717, 1.165) is 5.56 Å². The molecule has 1 aromatic rings. The quantitative estimate of drug-likeness (QED) is 0.620. The topological polar surface area (TPSA) is 60.0 Å². The second-order valence-electron chi connectivity index (χ2n) is 4.09. The Labute approximate surface area is 114 Å². The molecule has 0 aliphatic carbocycles. The number of para-hydroxylation sites is 1. The summed E-state index contributed by atoms with van der Waals surface area (Å²) in [6.45, 7) is 2.79. The molecule has 0 bridgehead atoms. The predicted molar refractivity (Wildman–Crippen MR) is 73.5 cm³/mol. The van der Waals surface area contributed by atoms with E-state index in [-0.39, 0.29) is 0 Å². The molecule has 0 aliphatic heterocycles. The third-order valence-electron chi connectivity index (χ3n) is 2.64. The van der Waals surface area contributed by atoms with E-state index in [2.05, 4.69) is 5.32 Å². The number of hydrogen-bond donors (Lipinski definition) is 2. The zero-order chi connectivity index (χ0) is 13.9. The number of aliphatic hydroxyl groups excluding tert-OH is 1. The van der Waals surface area contributed by atoms with E-state index < -0.39 is 6.10 Å². The van der Waals surface area contributed by atoms with Crippen molar-refractivity contribution < 1.29 is 19.3 Å². The molecule has 5 heteroatoms. The van der Waals surface area contributed by atoms with E-state index in [1.165, 1.54) is 0 Å². The van der Waals surface area contributed by atoms with Gasteiger partial charge >= 0.3 is 0 Å². The van der Waals surface area contributed by atoms with Gasteiger partial charge in [-0.1, -0.05) is 18.2 Å². The molecule has 0 amide bonds. The molecule has 1 rings (SSSR count). The molecule has 1 unspecified atom stereocenters. The van der Waals surface area contributed by atoms with Crippen LogP contribution in [-0.2, 0) is 9.47 Å². The van der Waals surface area contributed by atoms with Crippen LogP contribution in [-0.4, -0.2) is 52.2 Å². The van der Waals surface area contributed by atoms with Crippen molar-refractivity contribution in [3.05, 3.63) is 29.8 Å². The van der Waals surface area contributed by atoms with Gasteiger partial charge in [0.1, 0.15) is 12.4 Å². The first-order valence-electron chi connectivity index (χ1n) is 6.38. The molecule has 0 aromatic heterocycles. The zero-order valence-corrected chi connectivity index (χ0v) is 11.6. The number of benzene rings is 1. The number of ether oxygens (including phenoxy) is 3. The Morgan fingerprint density at radius 1 is 1.11 bits per heavy atom. The Bertz CT molecular complexity index is 346. The molecule has 5 nitrogen and oxygen atoms in total. The Morgan fingerprint density at radius 3 is 2.58 bits per heavy atom. The largest absolute Gasteiger partial charge is 0.491 e. The summed E-state index contributed by atoms with van der Waals surface area (Å²) in [6.07, 6.45) is -0.601. The molecule has 0 fully saturated rings. The number of aliphatic hydroxyl groups is 1. The molecular formula is C14H23NO4. The maximum Gasteiger partial charge on any atom is 0.125 e. The van der Waals surface area contributed by atoms with E-state index in [1.54, 1.807) is 14.2 Å². The van der Waals surface area contributed by atoms with Crippen molar-refractivity contribution in [1.29, 1.82) is 0 Å². The lowest BCUT2D eigenvalue weighted by molar-refractivity contribution is 0.136. The molecule has 0 radical (unpaired) electrons. The average Bonchev–Trinajstić information content (AvgIpc) is 2.44. The van der Waals surface area contributed by atoms with Crippen LogP contribution in [0, 0.1) is 0 Å². The van der Waals surface area contributed by atoms with E-state index in [4.69, 9.17) is 14.2 Å². The summed E-state index contributed by atoms with van der Waals surface area (Å²) in [6, 6.07) is 7.49. The molecule has 0 heterocycles. The van der Waals surface area contributed by atoms with Gasteiger partial charge in [0.15, 0.2) is 0 Å². The van der Waals surface area contributed by atoms with Gasteiger partial charge in [-0.2, -0.15) is 0 Å². The van der Waals surface area contributed by atoms with E-state index in [9.17, 15) is 5.11 Å². The second-order valence-corrected chi connectivity index (χ2v) is 4.09. The van der Waals surface area contributed by atoms with Crippen LogP contribution in [0.1, 0.15) is 11.7 Å². The SMILES string of the molecule is COCCNCC(O)c1ccccc1OCCOC. The first kappa shape index (κ1) is 15.9. The second kappa shape index (κ2) is 9.75. The summed E-state index contributed by atoms with van der Waals surface area (Å²) in [4.78, 5) is 0. The molecule has 1 aromatic carbocycles. The molecule has 108 valence electrons. The molecule has 19 heavy (non-hydrogen) atoms. The summed E-state index contributed by atoms with van der Waals surface area (Å²) >= 11 is 0. The zero-order valence-electron chi connectivity index (χ0n) is 11.6. The minimum absolute atomic E-state index is 0.466. The third kappa shape index (κ3) is 6.02. The Hall–Kier alpha value is -1.14. The van der Waals surface area contributed by atoms with E-state index in [1.807, 2.05) is 24.3 Å². The highest BCUT2D eigenvalue weighted by Crippen LogP contribution is 2.24. The molecule has 2 N–H and O–H groups in total. The van der Waals surface area contributed by atoms with Crippen molar-refractivity contribution in [3.8, 4) is 5.75 Å². The average molecular weight is 269 g/mol. The van der Waals surface area contributed by atoms with Crippen LogP contribution in [0.2, 0.25) is 0 Å². The fourth-order valence-corrected chi connectivity index (χ4v) is 1.65. The van der Waals surface area contributed by atoms with Crippen molar-refractivity contribution >= 4 is 0 Å². The van der Waals surface area contributed by atoms with Gasteiger partial charge in [0, 0.05) is 32.9 Å². The maximum atomic E-state index is 10.1. The highest BCUT2D eigenvalue weighted by Gasteiger charge is 2.12. The summed E-state index contributed by atoms with van der Waals surface area (Å²) in [5.74, 6) is 0.695. The number of methoxy groups -OCH3 is 2. The fraction of sp³-hybridized carbons (Fsp3) is 0.571. The monoisotopic (exact) mass is 269 g/mol. The first-order valence-corrected chi connectivity index (χ1v) is 6.38. The van der Waals surface area contributed by atoms with Crippen LogP contribution >= 0.6 is 0 Å². The summed E-state index contributed by atoms with van der Waals surface area (Å²) in [5.41, 5.74) is 0.781. The fourth-order valence-electron chi connectivity index (χ4n) is 1.65. The van der Waals surface area contributed by atoms with Gasteiger partial charge in [-0.25, -0.2) is 0 Å². The van der Waals surface area contributed by atoms with Crippen LogP contribution in [0.3, 0.4) is 0 Å². The van der Waals surface area contributed by atoms with Gasteiger partial charge in [-0.3, -0.25) is 0 Å². The summed E-state index contributed by atoms with van der Waals surface area (Å²) in [5, 5.41) is 13.3. The van der Waals surface area contributed by atoms with Gasteiger partial charge in [-0.15, -0.1) is 0 Å². The lowest BCUT2D eigenvalue weighted by Crippen LogP contribution is -2.25. The number of nitrogens with one attached hydrogen (secondary N) is 1. The summed E-state index contributed by atoms with van der Waals surface area (Å²) < 4.78 is 15.5. The molecule has 1 atom stereocenters. The van der Waals surface area contributed by atoms with Gasteiger partial charge < -0.3 is 24.6 Å². The molecule has 0 saturated carbocycles. The highest BCUT2D eigenvalue weighted by molar-refractivity contribution is 5.35. The number of rotatable bonds is 10. The van der Waals surface area contributed by atoms with Crippen molar-refractivity contribution in [2.45, 2.75) is 6.10 Å². The molecule has 0 aliphatic rings. The molecule has 0 saturated heterocycles. The highest BCUT2D eigenvalue weighted by atomic mass is 16.5. The smallest absolute Gasteiger partial charge is 0.125 e. The van der Waals surface area contributed by atoms with Crippen LogP contribution in [0.5, 0.6) is 5.75 Å². The van der Waals surface area contributed by atoms with Crippen LogP contribution in [0.4, 0.5) is 0 Å². The standard InChI is InChI=1S/C14H23NO4/c1-17-8-7-15-11-13(16)12-5-3-4-6-14(12)19-10-9-18-2/h3-6,13,15-16H,7-11H2,1-2H3. The van der Waals surface area contributed by atoms with Crippen molar-refractivity contribution in [1.82, 2.24) is 5.32 Å². The Balaban J connectivity index is 2.50. The lowest BCUT2D eigenvalue weighted by atomic mass is 10.1. The van der Waals surface area contributed by atoms with Crippen LogP contribution in [0.25, 0.3) is 0 Å². The van der Waals surface area contributed by atoms with Gasteiger partial charge in [-0.05, 0) is 6.07 Å². The lowest BCUT2D eigenvalue weighted by Gasteiger charge is -2.16. The maximum absolute atomic E-state index is 10.1. The Kier molecular flexibility index (Phi) is 8.16. The molecule has 0 spiro atoms. The normalized spacial score (nSPS) is 12.4. The first-order chi connectivity index (χ1) is 9.29. The predicted octanol–water partition coefficient (Wildman–Crippen LogP) is 0.981.